The van der Waals surface area contributed by atoms with Gasteiger partial charge in [-0.05, 0) is 30.4 Å². The molecule has 0 saturated carbocycles. The summed E-state index contributed by atoms with van der Waals surface area (Å²) in [5.74, 6) is 2.17. The molecular weight excluding hydrogens is 212 g/mol. The Morgan fingerprint density at radius 3 is 2.79 bits per heavy atom. The van der Waals surface area contributed by atoms with Crippen molar-refractivity contribution in [2.24, 2.45) is 0 Å². The zero-order valence-electron chi connectivity index (χ0n) is 8.22. The molecule has 1 aromatic heterocycles. The minimum absolute atomic E-state index is 1.01. The molecule has 1 aromatic rings. The molecule has 0 aliphatic carbocycles. The van der Waals surface area contributed by atoms with Crippen molar-refractivity contribution in [1.82, 2.24) is 9.97 Å². The van der Waals surface area contributed by atoms with E-state index in [1.807, 2.05) is 17.8 Å². The molecule has 14 heavy (non-hydrogen) atoms. The van der Waals surface area contributed by atoms with Gasteiger partial charge >= 0.3 is 0 Å². The lowest BCUT2D eigenvalue weighted by molar-refractivity contribution is 0.711. The second kappa shape index (κ2) is 8.12. The highest BCUT2D eigenvalue weighted by molar-refractivity contribution is 7.99. The van der Waals surface area contributed by atoms with E-state index in [1.54, 1.807) is 12.5 Å². The summed E-state index contributed by atoms with van der Waals surface area (Å²) in [6.45, 7) is 0. The predicted octanol–water partition coefficient (Wildman–Crippen LogP) is 3.06. The number of hydrogen-bond acceptors (Lipinski definition) is 4. The molecule has 1 rings (SSSR count). The molecule has 0 bridgehead atoms. The zero-order valence-corrected chi connectivity index (χ0v) is 9.94. The molecule has 78 valence electrons. The average Bonchev–Trinajstić information content (AvgIpc) is 2.25. The maximum Gasteiger partial charge on any atom is 0.116 e. The Hall–Kier alpha value is -0.220. The molecule has 0 unspecified atom stereocenters. The lowest BCUT2D eigenvalue weighted by Crippen LogP contribution is -1.85. The largest absolute Gasteiger partial charge is 0.245 e. The van der Waals surface area contributed by atoms with Gasteiger partial charge in [0, 0.05) is 6.20 Å². The molecule has 0 amide bonds. The lowest BCUT2D eigenvalue weighted by atomic mass is 10.2. The molecule has 0 aromatic carbocycles. The van der Waals surface area contributed by atoms with Gasteiger partial charge in [-0.15, -0.1) is 11.8 Å². The van der Waals surface area contributed by atoms with Crippen LogP contribution in [0.1, 0.15) is 25.7 Å². The van der Waals surface area contributed by atoms with Crippen molar-refractivity contribution in [2.45, 2.75) is 30.7 Å². The van der Waals surface area contributed by atoms with Crippen LogP contribution in [0.2, 0.25) is 0 Å². The number of thiol groups is 1. The van der Waals surface area contributed by atoms with Crippen molar-refractivity contribution < 1.29 is 0 Å². The molecule has 0 fully saturated rings. The fourth-order valence-electron chi connectivity index (χ4n) is 1.11. The van der Waals surface area contributed by atoms with Crippen molar-refractivity contribution in [3.63, 3.8) is 0 Å². The molecule has 2 nitrogen and oxygen atoms in total. The highest BCUT2D eigenvalue weighted by Gasteiger charge is 1.94. The van der Waals surface area contributed by atoms with E-state index >= 15 is 0 Å². The fourth-order valence-corrected chi connectivity index (χ4v) is 2.17. The van der Waals surface area contributed by atoms with Gasteiger partial charge in [0.1, 0.15) is 6.33 Å². The van der Waals surface area contributed by atoms with Crippen molar-refractivity contribution in [2.75, 3.05) is 11.5 Å². The molecule has 0 N–H and O–H groups in total. The van der Waals surface area contributed by atoms with Crippen molar-refractivity contribution in [3.8, 4) is 0 Å². The van der Waals surface area contributed by atoms with Crippen LogP contribution in [0.4, 0.5) is 0 Å². The van der Waals surface area contributed by atoms with Crippen LogP contribution in [-0.4, -0.2) is 21.5 Å². The van der Waals surface area contributed by atoms with E-state index in [-0.39, 0.29) is 0 Å². The van der Waals surface area contributed by atoms with Crippen molar-refractivity contribution in [1.29, 1.82) is 0 Å². The summed E-state index contributed by atoms with van der Waals surface area (Å²) in [6.07, 6.45) is 8.50. The smallest absolute Gasteiger partial charge is 0.116 e. The van der Waals surface area contributed by atoms with Crippen LogP contribution in [0.25, 0.3) is 0 Å². The second-order valence-corrected chi connectivity index (χ2v) is 4.60. The number of rotatable bonds is 7. The third-order valence-electron chi connectivity index (χ3n) is 1.86. The van der Waals surface area contributed by atoms with E-state index < -0.39 is 0 Å². The van der Waals surface area contributed by atoms with Crippen LogP contribution in [0.3, 0.4) is 0 Å². The lowest BCUT2D eigenvalue weighted by Gasteiger charge is -1.99. The summed E-state index contributed by atoms with van der Waals surface area (Å²) in [4.78, 5) is 8.03. The number of nitrogens with zero attached hydrogens (tertiary/aromatic N) is 2. The first-order chi connectivity index (χ1) is 6.93. The molecule has 0 aliphatic rings. The standard InChI is InChI=1S/C10H16N2S2/c13-7-3-1-2-4-8-14-10-5-6-11-9-12-10/h5-6,9,13H,1-4,7-8H2. The van der Waals surface area contributed by atoms with E-state index in [4.69, 9.17) is 0 Å². The second-order valence-electron chi connectivity index (χ2n) is 3.03. The maximum absolute atomic E-state index is 4.18. The first-order valence-corrected chi connectivity index (χ1v) is 6.55. The minimum Gasteiger partial charge on any atom is -0.245 e. The van der Waals surface area contributed by atoms with E-state index in [1.165, 1.54) is 25.7 Å². The molecule has 0 spiro atoms. The summed E-state index contributed by atoms with van der Waals surface area (Å²) >= 11 is 5.99. The number of aromatic nitrogens is 2. The Bertz CT molecular complexity index is 229. The minimum atomic E-state index is 1.01. The third kappa shape index (κ3) is 5.50. The SMILES string of the molecule is SCCCCCCSc1ccncn1. The number of hydrogen-bond donors (Lipinski definition) is 1. The molecule has 1 heterocycles. The van der Waals surface area contributed by atoms with Gasteiger partial charge < -0.3 is 0 Å². The van der Waals surface area contributed by atoms with E-state index in [9.17, 15) is 0 Å². The molecule has 0 saturated heterocycles. The highest BCUT2D eigenvalue weighted by Crippen LogP contribution is 2.15. The van der Waals surface area contributed by atoms with Crippen molar-refractivity contribution >= 4 is 24.4 Å². The van der Waals surface area contributed by atoms with E-state index in [0.29, 0.717) is 0 Å². The van der Waals surface area contributed by atoms with Crippen molar-refractivity contribution in [3.05, 3.63) is 18.6 Å². The Kier molecular flexibility index (Phi) is 6.87. The van der Waals surface area contributed by atoms with Gasteiger partial charge in [0.2, 0.25) is 0 Å². The van der Waals surface area contributed by atoms with Crippen LogP contribution in [-0.2, 0) is 0 Å². The topological polar surface area (TPSA) is 25.8 Å². The summed E-state index contributed by atoms with van der Waals surface area (Å²) in [5, 5.41) is 1.08. The van der Waals surface area contributed by atoms with Gasteiger partial charge in [-0.3, -0.25) is 0 Å². The van der Waals surface area contributed by atoms with Crippen LogP contribution in [0, 0.1) is 0 Å². The Morgan fingerprint density at radius 2 is 2.07 bits per heavy atom. The Balaban J connectivity index is 1.99. The van der Waals surface area contributed by atoms with Gasteiger partial charge in [-0.1, -0.05) is 12.8 Å². The highest BCUT2D eigenvalue weighted by atomic mass is 32.2. The molecule has 0 atom stereocenters. The summed E-state index contributed by atoms with van der Waals surface area (Å²) in [5.41, 5.74) is 0. The first-order valence-electron chi connectivity index (χ1n) is 4.93. The molecule has 0 radical (unpaired) electrons. The van der Waals surface area contributed by atoms with Gasteiger partial charge in [0.25, 0.3) is 0 Å². The Labute approximate surface area is 95.3 Å². The number of thioether (sulfide) groups is 1. The fraction of sp³-hybridized carbons (Fsp3) is 0.600. The Morgan fingerprint density at radius 1 is 1.21 bits per heavy atom. The van der Waals surface area contributed by atoms with Gasteiger partial charge in [0.15, 0.2) is 0 Å². The van der Waals surface area contributed by atoms with Crippen LogP contribution in [0.5, 0.6) is 0 Å². The third-order valence-corrected chi connectivity index (χ3v) is 3.20. The quantitative estimate of drug-likeness (QED) is 0.336. The average molecular weight is 228 g/mol. The van der Waals surface area contributed by atoms with Gasteiger partial charge in [-0.25, -0.2) is 9.97 Å². The normalized spacial score (nSPS) is 10.4. The number of unbranched alkanes of at least 4 members (excludes halogenated alkanes) is 3. The van der Waals surface area contributed by atoms with Crippen LogP contribution < -0.4 is 0 Å². The molecular formula is C10H16N2S2. The van der Waals surface area contributed by atoms with Gasteiger partial charge in [-0.2, -0.15) is 12.6 Å². The van der Waals surface area contributed by atoms with Crippen LogP contribution >= 0.6 is 24.4 Å². The summed E-state index contributed by atoms with van der Waals surface area (Å²) in [6, 6.07) is 1.96. The molecule has 4 heteroatoms. The van der Waals surface area contributed by atoms with E-state index in [2.05, 4.69) is 22.6 Å². The first kappa shape index (κ1) is 11.9. The van der Waals surface area contributed by atoms with Crippen LogP contribution in [0.15, 0.2) is 23.6 Å². The maximum atomic E-state index is 4.18. The van der Waals surface area contributed by atoms with Gasteiger partial charge in [0.05, 0.1) is 5.03 Å². The predicted molar refractivity (Wildman–Crippen MR) is 65.1 cm³/mol. The zero-order chi connectivity index (χ0) is 10.1. The monoisotopic (exact) mass is 228 g/mol. The molecule has 0 aliphatic heterocycles. The summed E-state index contributed by atoms with van der Waals surface area (Å²) < 4.78 is 0. The van der Waals surface area contributed by atoms with E-state index in [0.717, 1.165) is 16.5 Å². The summed E-state index contributed by atoms with van der Waals surface area (Å²) in [7, 11) is 0.